The zero-order valence-corrected chi connectivity index (χ0v) is 12.1. The van der Waals surface area contributed by atoms with Crippen LogP contribution in [0.4, 0.5) is 5.69 Å². The number of carboxylic acids is 1. The second kappa shape index (κ2) is 7.47. The number of carbonyl (C=O) groups is 2. The van der Waals surface area contributed by atoms with E-state index in [-0.39, 0.29) is 18.4 Å². The van der Waals surface area contributed by atoms with E-state index in [0.29, 0.717) is 18.8 Å². The Morgan fingerprint density at radius 2 is 2.15 bits per heavy atom. The van der Waals surface area contributed by atoms with E-state index >= 15 is 0 Å². The Bertz CT molecular complexity index is 476. The van der Waals surface area contributed by atoms with Gasteiger partial charge >= 0.3 is 5.97 Å². The van der Waals surface area contributed by atoms with E-state index < -0.39 is 5.97 Å². The molecule has 0 aliphatic heterocycles. The van der Waals surface area contributed by atoms with Crippen LogP contribution in [0.1, 0.15) is 37.7 Å². The zero-order valence-electron chi connectivity index (χ0n) is 12.1. The van der Waals surface area contributed by atoms with Gasteiger partial charge in [0.1, 0.15) is 5.69 Å². The summed E-state index contributed by atoms with van der Waals surface area (Å²) in [6, 6.07) is 3.32. The van der Waals surface area contributed by atoms with Crippen LogP contribution in [0.15, 0.2) is 18.3 Å². The molecular weight excluding hydrogens is 258 g/mol. The first-order chi connectivity index (χ1) is 9.49. The molecule has 2 N–H and O–H groups in total. The van der Waals surface area contributed by atoms with Crippen molar-refractivity contribution in [2.45, 2.75) is 33.2 Å². The summed E-state index contributed by atoms with van der Waals surface area (Å²) in [5, 5.41) is 11.6. The molecule has 110 valence electrons. The van der Waals surface area contributed by atoms with Crippen LogP contribution >= 0.6 is 0 Å². The van der Waals surface area contributed by atoms with Crippen LogP contribution in [-0.2, 0) is 4.79 Å². The van der Waals surface area contributed by atoms with Gasteiger partial charge in [0, 0.05) is 31.0 Å². The molecule has 6 nitrogen and oxygen atoms in total. The molecule has 1 amide bonds. The Morgan fingerprint density at radius 3 is 2.70 bits per heavy atom. The number of anilines is 1. The summed E-state index contributed by atoms with van der Waals surface area (Å²) in [4.78, 5) is 28.6. The van der Waals surface area contributed by atoms with Gasteiger partial charge in [0.2, 0.25) is 0 Å². The standard InChI is InChI=1S/C14H21N3O3/c1-4-15-14(20)12-9-11(6-7-16-12)17(5-2)10(3)8-13(18)19/h6-7,9-10H,4-5,8H2,1-3H3,(H,15,20)(H,18,19). The molecule has 0 aromatic carbocycles. The van der Waals surface area contributed by atoms with Crippen molar-refractivity contribution in [2.24, 2.45) is 0 Å². The Balaban J connectivity index is 2.95. The van der Waals surface area contributed by atoms with Crippen molar-refractivity contribution in [1.29, 1.82) is 0 Å². The summed E-state index contributed by atoms with van der Waals surface area (Å²) in [7, 11) is 0. The lowest BCUT2D eigenvalue weighted by Crippen LogP contribution is -2.35. The number of carbonyl (C=O) groups excluding carboxylic acids is 1. The Kier molecular flexibility index (Phi) is 5.96. The number of amides is 1. The average molecular weight is 279 g/mol. The molecule has 0 saturated carbocycles. The Morgan fingerprint density at radius 1 is 1.45 bits per heavy atom. The van der Waals surface area contributed by atoms with Gasteiger partial charge in [0.15, 0.2) is 0 Å². The van der Waals surface area contributed by atoms with Crippen molar-refractivity contribution in [3.05, 3.63) is 24.0 Å². The van der Waals surface area contributed by atoms with Crippen LogP contribution in [-0.4, -0.2) is 41.1 Å². The first-order valence-corrected chi connectivity index (χ1v) is 6.72. The SMILES string of the molecule is CCNC(=O)c1cc(N(CC)C(C)CC(=O)O)ccn1. The topological polar surface area (TPSA) is 82.5 Å². The summed E-state index contributed by atoms with van der Waals surface area (Å²) in [5.74, 6) is -1.06. The lowest BCUT2D eigenvalue weighted by molar-refractivity contribution is -0.137. The summed E-state index contributed by atoms with van der Waals surface area (Å²) in [6.45, 7) is 6.84. The molecule has 0 saturated heterocycles. The predicted molar refractivity (Wildman–Crippen MR) is 77.0 cm³/mol. The fraction of sp³-hybridized carbons (Fsp3) is 0.500. The summed E-state index contributed by atoms with van der Waals surface area (Å²) in [5.41, 5.74) is 1.14. The third-order valence-electron chi connectivity index (χ3n) is 2.99. The molecule has 0 fully saturated rings. The molecule has 20 heavy (non-hydrogen) atoms. The van der Waals surface area contributed by atoms with Crippen LogP contribution in [0, 0.1) is 0 Å². The smallest absolute Gasteiger partial charge is 0.305 e. The third-order valence-corrected chi connectivity index (χ3v) is 2.99. The normalized spacial score (nSPS) is 11.8. The van der Waals surface area contributed by atoms with Crippen molar-refractivity contribution in [3.8, 4) is 0 Å². The van der Waals surface area contributed by atoms with Gasteiger partial charge in [-0.05, 0) is 32.9 Å². The van der Waals surface area contributed by atoms with E-state index in [4.69, 9.17) is 5.11 Å². The lowest BCUT2D eigenvalue weighted by Gasteiger charge is -2.29. The first kappa shape index (κ1) is 15.9. The lowest BCUT2D eigenvalue weighted by atomic mass is 10.1. The van der Waals surface area contributed by atoms with Gasteiger partial charge in [-0.1, -0.05) is 0 Å². The van der Waals surface area contributed by atoms with E-state index in [1.54, 1.807) is 18.3 Å². The molecule has 1 aromatic rings. The molecule has 6 heteroatoms. The van der Waals surface area contributed by atoms with Gasteiger partial charge in [-0.3, -0.25) is 14.6 Å². The van der Waals surface area contributed by atoms with Gasteiger partial charge in [0.25, 0.3) is 5.91 Å². The quantitative estimate of drug-likeness (QED) is 0.790. The van der Waals surface area contributed by atoms with Gasteiger partial charge in [-0.15, -0.1) is 0 Å². The van der Waals surface area contributed by atoms with E-state index in [9.17, 15) is 9.59 Å². The molecule has 1 unspecified atom stereocenters. The van der Waals surface area contributed by atoms with E-state index in [1.807, 2.05) is 25.7 Å². The predicted octanol–water partition coefficient (Wildman–Crippen LogP) is 1.52. The molecule has 1 heterocycles. The third kappa shape index (κ3) is 4.22. The maximum atomic E-state index is 11.8. The van der Waals surface area contributed by atoms with Crippen LogP contribution in [0.3, 0.4) is 0 Å². The van der Waals surface area contributed by atoms with E-state index in [1.165, 1.54) is 0 Å². The summed E-state index contributed by atoms with van der Waals surface area (Å²) < 4.78 is 0. The molecule has 1 rings (SSSR count). The number of nitrogens with zero attached hydrogens (tertiary/aromatic N) is 2. The van der Waals surface area contributed by atoms with Crippen LogP contribution in [0.25, 0.3) is 0 Å². The number of aliphatic carboxylic acids is 1. The van der Waals surface area contributed by atoms with Crippen molar-refractivity contribution in [2.75, 3.05) is 18.0 Å². The fourth-order valence-corrected chi connectivity index (χ4v) is 2.08. The minimum atomic E-state index is -0.839. The fourth-order valence-electron chi connectivity index (χ4n) is 2.08. The number of nitrogens with one attached hydrogen (secondary N) is 1. The Labute approximate surface area is 118 Å². The summed E-state index contributed by atoms with van der Waals surface area (Å²) in [6.07, 6.45) is 1.61. The second-order valence-electron chi connectivity index (χ2n) is 4.49. The van der Waals surface area contributed by atoms with Crippen LogP contribution in [0.5, 0.6) is 0 Å². The largest absolute Gasteiger partial charge is 0.481 e. The highest BCUT2D eigenvalue weighted by Gasteiger charge is 2.17. The number of pyridine rings is 1. The second-order valence-corrected chi connectivity index (χ2v) is 4.49. The molecule has 1 atom stereocenters. The number of rotatable bonds is 7. The average Bonchev–Trinajstić information content (AvgIpc) is 2.39. The van der Waals surface area contributed by atoms with Crippen molar-refractivity contribution < 1.29 is 14.7 Å². The number of hydrogen-bond donors (Lipinski definition) is 2. The van der Waals surface area contributed by atoms with Gasteiger partial charge < -0.3 is 15.3 Å². The van der Waals surface area contributed by atoms with Crippen molar-refractivity contribution >= 4 is 17.6 Å². The van der Waals surface area contributed by atoms with Gasteiger partial charge in [-0.25, -0.2) is 0 Å². The first-order valence-electron chi connectivity index (χ1n) is 6.72. The Hall–Kier alpha value is -2.11. The minimum absolute atomic E-state index is 0.0483. The van der Waals surface area contributed by atoms with Crippen LogP contribution < -0.4 is 10.2 Å². The van der Waals surface area contributed by atoms with Crippen molar-refractivity contribution in [3.63, 3.8) is 0 Å². The highest BCUT2D eigenvalue weighted by molar-refractivity contribution is 5.93. The minimum Gasteiger partial charge on any atom is -0.481 e. The summed E-state index contributed by atoms with van der Waals surface area (Å²) >= 11 is 0. The number of aromatic nitrogens is 1. The molecule has 0 aliphatic carbocycles. The molecule has 0 bridgehead atoms. The van der Waals surface area contributed by atoms with Crippen molar-refractivity contribution in [1.82, 2.24) is 10.3 Å². The molecule has 0 aliphatic rings. The molecule has 0 radical (unpaired) electrons. The van der Waals surface area contributed by atoms with E-state index in [2.05, 4.69) is 10.3 Å². The van der Waals surface area contributed by atoms with Gasteiger partial charge in [0.05, 0.1) is 6.42 Å². The highest BCUT2D eigenvalue weighted by Crippen LogP contribution is 2.18. The van der Waals surface area contributed by atoms with E-state index in [0.717, 1.165) is 5.69 Å². The maximum Gasteiger partial charge on any atom is 0.305 e. The maximum absolute atomic E-state index is 11.8. The highest BCUT2D eigenvalue weighted by atomic mass is 16.4. The monoisotopic (exact) mass is 279 g/mol. The molecule has 0 spiro atoms. The molecule has 1 aromatic heterocycles. The van der Waals surface area contributed by atoms with Crippen LogP contribution in [0.2, 0.25) is 0 Å². The zero-order chi connectivity index (χ0) is 15.1. The number of hydrogen-bond acceptors (Lipinski definition) is 4. The molecular formula is C14H21N3O3. The van der Waals surface area contributed by atoms with Gasteiger partial charge in [-0.2, -0.15) is 0 Å². The number of carboxylic acid groups (broad SMARTS) is 1.